The lowest BCUT2D eigenvalue weighted by molar-refractivity contribution is -0.235. The third kappa shape index (κ3) is 3.58. The molecule has 12 atom stereocenters. The van der Waals surface area contributed by atoms with Crippen LogP contribution in [0.15, 0.2) is 0 Å². The lowest BCUT2D eigenvalue weighted by Gasteiger charge is -2.66. The molecule has 5 heteroatoms. The number of aliphatic carboxylic acids is 1. The van der Waals surface area contributed by atoms with E-state index in [1.165, 1.54) is 0 Å². The first-order valence-electron chi connectivity index (χ1n) is 12.8. The molecule has 0 aliphatic heterocycles. The van der Waals surface area contributed by atoms with Crippen LogP contribution in [0.2, 0.25) is 0 Å². The minimum Gasteiger partial charge on any atom is -0.481 e. The molecule has 0 bridgehead atoms. The summed E-state index contributed by atoms with van der Waals surface area (Å²) in [7, 11) is 0. The molecule has 0 aromatic rings. The molecule has 4 saturated carbocycles. The maximum Gasteiger partial charge on any atom is 0.303 e. The summed E-state index contributed by atoms with van der Waals surface area (Å²) in [5.74, 6) is 1.00. The van der Waals surface area contributed by atoms with E-state index < -0.39 is 18.2 Å². The Balaban J connectivity index is 1.66. The van der Waals surface area contributed by atoms with Crippen LogP contribution in [0, 0.1) is 52.3 Å². The average Bonchev–Trinajstić information content (AvgIpc) is 3.04. The van der Waals surface area contributed by atoms with E-state index in [0.717, 1.165) is 44.9 Å². The quantitative estimate of drug-likeness (QED) is 0.520. The summed E-state index contributed by atoms with van der Waals surface area (Å²) >= 11 is 0. The smallest absolute Gasteiger partial charge is 0.303 e. The van der Waals surface area contributed by atoms with Crippen LogP contribution in [-0.4, -0.2) is 44.7 Å². The molecule has 2 unspecified atom stereocenters. The molecule has 0 saturated heterocycles. The van der Waals surface area contributed by atoms with Gasteiger partial charge in [0.2, 0.25) is 0 Å². The van der Waals surface area contributed by atoms with E-state index in [1.54, 1.807) is 0 Å². The van der Waals surface area contributed by atoms with Gasteiger partial charge in [-0.1, -0.05) is 34.1 Å². The second-order valence-electron chi connectivity index (χ2n) is 12.2. The Kier molecular flexibility index (Phi) is 6.28. The molecule has 0 heterocycles. The predicted octanol–water partition coefficient (Wildman–Crippen LogP) is 4.08. The second kappa shape index (κ2) is 8.29. The van der Waals surface area contributed by atoms with Crippen molar-refractivity contribution < 1.29 is 25.2 Å². The van der Waals surface area contributed by atoms with Gasteiger partial charge in [-0.2, -0.15) is 0 Å². The van der Waals surface area contributed by atoms with Gasteiger partial charge in [-0.25, -0.2) is 0 Å². The van der Waals surface area contributed by atoms with Crippen molar-refractivity contribution in [2.24, 2.45) is 52.3 Å². The van der Waals surface area contributed by atoms with Gasteiger partial charge >= 0.3 is 5.97 Å². The molecule has 4 aliphatic rings. The predicted molar refractivity (Wildman–Crippen MR) is 119 cm³/mol. The minimum atomic E-state index is -0.734. The van der Waals surface area contributed by atoms with Gasteiger partial charge in [0.05, 0.1) is 18.3 Å². The molecule has 0 amide bonds. The summed E-state index contributed by atoms with van der Waals surface area (Å²) in [5.41, 5.74) is -0.0767. The van der Waals surface area contributed by atoms with Crippen molar-refractivity contribution in [3.63, 3.8) is 0 Å². The van der Waals surface area contributed by atoms with Gasteiger partial charge in [0, 0.05) is 6.42 Å². The van der Waals surface area contributed by atoms with E-state index in [2.05, 4.69) is 27.7 Å². The van der Waals surface area contributed by atoms with E-state index in [9.17, 15) is 20.1 Å². The number of carbonyl (C=O) groups is 1. The van der Waals surface area contributed by atoms with Crippen LogP contribution >= 0.6 is 0 Å². The lowest BCUT2D eigenvalue weighted by atomic mass is 9.40. The van der Waals surface area contributed by atoms with E-state index in [-0.39, 0.29) is 47.0 Å². The lowest BCUT2D eigenvalue weighted by Crippen LogP contribution is -2.65. The van der Waals surface area contributed by atoms with Gasteiger partial charge in [0.25, 0.3) is 0 Å². The third-order valence-corrected chi connectivity index (χ3v) is 10.9. The molecule has 31 heavy (non-hydrogen) atoms. The molecule has 4 N–H and O–H groups in total. The van der Waals surface area contributed by atoms with E-state index >= 15 is 0 Å². The van der Waals surface area contributed by atoms with Gasteiger partial charge in [-0.3, -0.25) is 4.79 Å². The van der Waals surface area contributed by atoms with Crippen molar-refractivity contribution in [3.05, 3.63) is 0 Å². The van der Waals surface area contributed by atoms with Crippen LogP contribution in [0.3, 0.4) is 0 Å². The molecule has 4 rings (SSSR count). The van der Waals surface area contributed by atoms with Crippen molar-refractivity contribution in [1.82, 2.24) is 0 Å². The van der Waals surface area contributed by atoms with Crippen molar-refractivity contribution in [3.8, 4) is 0 Å². The number of aliphatic hydroxyl groups excluding tert-OH is 3. The Labute approximate surface area is 187 Å². The highest BCUT2D eigenvalue weighted by atomic mass is 16.4. The minimum absolute atomic E-state index is 0.0302. The van der Waals surface area contributed by atoms with Crippen LogP contribution in [0.1, 0.15) is 85.5 Å². The molecular formula is C26H44O5. The number of rotatable bonds is 5. The van der Waals surface area contributed by atoms with Crippen LogP contribution in [-0.2, 0) is 4.79 Å². The number of hydrogen-bond donors (Lipinski definition) is 4. The Morgan fingerprint density at radius 1 is 1.06 bits per heavy atom. The van der Waals surface area contributed by atoms with Gasteiger partial charge in [0.15, 0.2) is 0 Å². The fraction of sp³-hybridized carbons (Fsp3) is 0.962. The zero-order chi connectivity index (χ0) is 22.7. The maximum atomic E-state index is 11.7. The van der Waals surface area contributed by atoms with Crippen LogP contribution < -0.4 is 0 Å². The highest BCUT2D eigenvalue weighted by Crippen LogP contribution is 2.69. The van der Waals surface area contributed by atoms with Crippen LogP contribution in [0.4, 0.5) is 0 Å². The Morgan fingerprint density at radius 3 is 2.42 bits per heavy atom. The highest BCUT2D eigenvalue weighted by Gasteiger charge is 2.67. The Morgan fingerprint density at radius 2 is 1.77 bits per heavy atom. The largest absolute Gasteiger partial charge is 0.481 e. The standard InChI is InChI=1S/C26H44O5/c1-5-16-19-12-15(27)10-11-25(19,3)23-20(28)13-26(4)17(14(2)6-9-21(29)30)7-8-18(26)22(23)24(16)31/h14-20,22-24,27-28,31H,5-13H2,1-4H3,(H,29,30)/t14?,15-,16-,17-,18+,19?,20+,22+,23+,24-,25+,26-/m1/s1. The van der Waals surface area contributed by atoms with E-state index in [0.29, 0.717) is 24.2 Å². The topological polar surface area (TPSA) is 98.0 Å². The first-order chi connectivity index (χ1) is 14.5. The maximum absolute atomic E-state index is 11.7. The second-order valence-corrected chi connectivity index (χ2v) is 12.2. The van der Waals surface area contributed by atoms with Crippen molar-refractivity contribution in [2.45, 2.75) is 104 Å². The van der Waals surface area contributed by atoms with Gasteiger partial charge in [-0.05, 0) is 97.2 Å². The zero-order valence-electron chi connectivity index (χ0n) is 19.8. The molecule has 4 aliphatic carbocycles. The van der Waals surface area contributed by atoms with Crippen LogP contribution in [0.25, 0.3) is 0 Å². The molecular weight excluding hydrogens is 392 g/mol. The molecule has 0 aromatic heterocycles. The Bertz CT molecular complexity index is 681. The van der Waals surface area contributed by atoms with Gasteiger partial charge < -0.3 is 20.4 Å². The van der Waals surface area contributed by atoms with Crippen molar-refractivity contribution in [1.29, 1.82) is 0 Å². The number of hydrogen-bond acceptors (Lipinski definition) is 4. The van der Waals surface area contributed by atoms with Gasteiger partial charge in [0.1, 0.15) is 0 Å². The molecule has 178 valence electrons. The summed E-state index contributed by atoms with van der Waals surface area (Å²) in [6.07, 6.45) is 6.04. The summed E-state index contributed by atoms with van der Waals surface area (Å²) in [6.45, 7) is 9.01. The number of fused-ring (bicyclic) bond motifs is 5. The van der Waals surface area contributed by atoms with Gasteiger partial charge in [-0.15, -0.1) is 0 Å². The van der Waals surface area contributed by atoms with Crippen LogP contribution in [0.5, 0.6) is 0 Å². The average molecular weight is 437 g/mol. The normalized spacial score (nSPS) is 52.7. The van der Waals surface area contributed by atoms with E-state index in [4.69, 9.17) is 5.11 Å². The summed E-state index contributed by atoms with van der Waals surface area (Å²) in [6, 6.07) is 0. The molecule has 0 radical (unpaired) electrons. The fourth-order valence-electron chi connectivity index (χ4n) is 9.60. The first kappa shape index (κ1) is 23.5. The zero-order valence-corrected chi connectivity index (χ0v) is 19.8. The monoisotopic (exact) mass is 436 g/mol. The van der Waals surface area contributed by atoms with Crippen molar-refractivity contribution in [2.75, 3.05) is 0 Å². The van der Waals surface area contributed by atoms with E-state index in [1.807, 2.05) is 0 Å². The number of carboxylic acid groups (broad SMARTS) is 1. The fourth-order valence-corrected chi connectivity index (χ4v) is 9.60. The highest BCUT2D eigenvalue weighted by molar-refractivity contribution is 5.66. The SMILES string of the molecule is CC[C@@H]1C2C[C@H](O)CC[C@]2(C)[C@@H]2[C@@H]([C@@H]1O)[C@@H]1CC[C@H](C(C)CCC(=O)O)[C@@]1(C)C[C@@H]2O. The molecule has 4 fully saturated rings. The van der Waals surface area contributed by atoms with Crippen molar-refractivity contribution >= 4 is 5.97 Å². The number of carboxylic acids is 1. The first-order valence-corrected chi connectivity index (χ1v) is 12.8. The summed E-state index contributed by atoms with van der Waals surface area (Å²) in [4.78, 5) is 11.1. The summed E-state index contributed by atoms with van der Waals surface area (Å²) in [5, 5.41) is 42.9. The molecule has 0 spiro atoms. The Hall–Kier alpha value is -0.650. The number of aliphatic hydroxyl groups is 3. The third-order valence-electron chi connectivity index (χ3n) is 10.9. The summed E-state index contributed by atoms with van der Waals surface area (Å²) < 4.78 is 0. The molecule has 0 aromatic carbocycles. The molecule has 5 nitrogen and oxygen atoms in total.